The molecule has 0 amide bonds. The summed E-state index contributed by atoms with van der Waals surface area (Å²) in [6.07, 6.45) is 2.83. The van der Waals surface area contributed by atoms with Gasteiger partial charge in [-0.15, -0.1) is 0 Å². The number of hydrogen-bond acceptors (Lipinski definition) is 3. The van der Waals surface area contributed by atoms with E-state index in [2.05, 4.69) is 35.0 Å². The number of rotatable bonds is 5. The Balaban J connectivity index is 1.98. The van der Waals surface area contributed by atoms with E-state index >= 15 is 0 Å². The number of nitrogens with one attached hydrogen (secondary N) is 1. The summed E-state index contributed by atoms with van der Waals surface area (Å²) in [4.78, 5) is 9.93. The number of benzene rings is 1. The lowest BCUT2D eigenvalue weighted by atomic mass is 10.1. The molecule has 0 aliphatic rings. The van der Waals surface area contributed by atoms with Crippen LogP contribution in [-0.2, 0) is 0 Å². The number of pyridine rings is 1. The number of aromatic amines is 1. The molecule has 0 aliphatic heterocycles. The van der Waals surface area contributed by atoms with Gasteiger partial charge in [0.2, 0.25) is 0 Å². The summed E-state index contributed by atoms with van der Waals surface area (Å²) in [7, 11) is 4.12. The number of nitrogens with zero attached hydrogens (tertiary/aromatic N) is 2. The first-order valence-corrected chi connectivity index (χ1v) is 7.78. The van der Waals surface area contributed by atoms with Gasteiger partial charge in [-0.3, -0.25) is 0 Å². The van der Waals surface area contributed by atoms with Crippen molar-refractivity contribution in [3.63, 3.8) is 0 Å². The highest BCUT2D eigenvalue weighted by atomic mass is 35.5. The minimum atomic E-state index is 0.677. The lowest BCUT2D eigenvalue weighted by Crippen LogP contribution is -2.15. The van der Waals surface area contributed by atoms with E-state index in [4.69, 9.17) is 16.3 Å². The molecule has 4 nitrogen and oxygen atoms in total. The first-order chi connectivity index (χ1) is 10.6. The Morgan fingerprint density at radius 1 is 1.32 bits per heavy atom. The molecule has 0 spiro atoms. The van der Waals surface area contributed by atoms with E-state index in [-0.39, 0.29) is 0 Å². The number of hydrogen-bond donors (Lipinski definition) is 1. The molecule has 0 saturated heterocycles. The molecule has 0 saturated carbocycles. The first-order valence-electron chi connectivity index (χ1n) is 7.40. The van der Waals surface area contributed by atoms with Gasteiger partial charge in [-0.05, 0) is 51.2 Å². The number of aryl methyl sites for hydroxylation is 1. The van der Waals surface area contributed by atoms with Crippen LogP contribution in [-0.4, -0.2) is 42.1 Å². The topological polar surface area (TPSA) is 41.1 Å². The maximum absolute atomic E-state index is 6.39. The van der Waals surface area contributed by atoms with Gasteiger partial charge in [-0.2, -0.15) is 0 Å². The van der Waals surface area contributed by atoms with Gasteiger partial charge in [-0.1, -0.05) is 11.6 Å². The highest BCUT2D eigenvalue weighted by Crippen LogP contribution is 2.36. The van der Waals surface area contributed by atoms with E-state index in [0.29, 0.717) is 11.6 Å². The zero-order valence-electron chi connectivity index (χ0n) is 13.1. The molecule has 2 heterocycles. The third kappa shape index (κ3) is 2.89. The Bertz CT molecular complexity index is 810. The molecule has 0 radical (unpaired) electrons. The molecule has 1 aromatic carbocycles. The molecule has 0 unspecified atom stereocenters. The third-order valence-electron chi connectivity index (χ3n) is 3.66. The fourth-order valence-electron chi connectivity index (χ4n) is 2.61. The van der Waals surface area contributed by atoms with E-state index in [0.717, 1.165) is 46.2 Å². The summed E-state index contributed by atoms with van der Waals surface area (Å²) >= 11 is 6.39. The van der Waals surface area contributed by atoms with Crippen molar-refractivity contribution >= 4 is 33.5 Å². The van der Waals surface area contributed by atoms with Crippen molar-refractivity contribution in [2.45, 2.75) is 13.3 Å². The second-order valence-corrected chi connectivity index (χ2v) is 6.24. The Kier molecular flexibility index (Phi) is 4.23. The molecule has 2 aromatic heterocycles. The molecular weight excluding hydrogens is 298 g/mol. The van der Waals surface area contributed by atoms with E-state index in [1.807, 2.05) is 25.3 Å². The Morgan fingerprint density at radius 3 is 2.91 bits per heavy atom. The van der Waals surface area contributed by atoms with Crippen LogP contribution in [0.4, 0.5) is 0 Å². The zero-order chi connectivity index (χ0) is 15.7. The van der Waals surface area contributed by atoms with E-state index in [1.54, 1.807) is 0 Å². The fourth-order valence-corrected chi connectivity index (χ4v) is 2.87. The summed E-state index contributed by atoms with van der Waals surface area (Å²) in [6.45, 7) is 3.71. The van der Waals surface area contributed by atoms with Gasteiger partial charge in [0.1, 0.15) is 11.4 Å². The standard InChI is InChI=1S/C17H20ClN3O/c1-11-9-12-15-13(18)5-6-14(22-8-4-7-21(2)3)16(15)20-17(12)19-10-11/h5-6,9-10H,4,7-8H2,1-3H3,(H,19,20). The normalized spacial score (nSPS) is 11.7. The minimum absolute atomic E-state index is 0.677. The molecular formula is C17H20ClN3O. The number of fused-ring (bicyclic) bond motifs is 3. The maximum atomic E-state index is 6.39. The molecule has 3 aromatic rings. The van der Waals surface area contributed by atoms with Crippen molar-refractivity contribution in [2.24, 2.45) is 0 Å². The van der Waals surface area contributed by atoms with Crippen LogP contribution in [0.2, 0.25) is 5.02 Å². The van der Waals surface area contributed by atoms with E-state index in [1.165, 1.54) is 0 Å². The maximum Gasteiger partial charge on any atom is 0.143 e. The van der Waals surface area contributed by atoms with Gasteiger partial charge in [0, 0.05) is 23.5 Å². The quantitative estimate of drug-likeness (QED) is 0.723. The average Bonchev–Trinajstić information content (AvgIpc) is 2.85. The number of halogens is 1. The van der Waals surface area contributed by atoms with Crippen LogP contribution in [0.15, 0.2) is 24.4 Å². The van der Waals surface area contributed by atoms with Crippen molar-refractivity contribution in [1.82, 2.24) is 14.9 Å². The first kappa shape index (κ1) is 15.1. The van der Waals surface area contributed by atoms with Crippen molar-refractivity contribution in [3.8, 4) is 5.75 Å². The summed E-state index contributed by atoms with van der Waals surface area (Å²) in [5.41, 5.74) is 2.87. The Hall–Kier alpha value is -1.78. The molecule has 0 fully saturated rings. The SMILES string of the molecule is Cc1cnc2[nH]c3c(OCCCN(C)C)ccc(Cl)c3c2c1. The minimum Gasteiger partial charge on any atom is -0.491 e. The second kappa shape index (κ2) is 6.15. The van der Waals surface area contributed by atoms with Crippen LogP contribution < -0.4 is 4.74 Å². The molecule has 5 heteroatoms. The van der Waals surface area contributed by atoms with Crippen LogP contribution in [0, 0.1) is 6.92 Å². The van der Waals surface area contributed by atoms with Gasteiger partial charge >= 0.3 is 0 Å². The van der Waals surface area contributed by atoms with Gasteiger partial charge in [0.05, 0.1) is 17.1 Å². The summed E-state index contributed by atoms with van der Waals surface area (Å²) in [6, 6.07) is 5.91. The molecule has 116 valence electrons. The molecule has 0 bridgehead atoms. The van der Waals surface area contributed by atoms with E-state index < -0.39 is 0 Å². The Morgan fingerprint density at radius 2 is 2.14 bits per heavy atom. The smallest absolute Gasteiger partial charge is 0.143 e. The number of ether oxygens (including phenoxy) is 1. The van der Waals surface area contributed by atoms with Gasteiger partial charge in [0.25, 0.3) is 0 Å². The van der Waals surface area contributed by atoms with Gasteiger partial charge in [0.15, 0.2) is 0 Å². The molecule has 0 aliphatic carbocycles. The molecule has 22 heavy (non-hydrogen) atoms. The largest absolute Gasteiger partial charge is 0.491 e. The lowest BCUT2D eigenvalue weighted by Gasteiger charge is -2.11. The van der Waals surface area contributed by atoms with Crippen molar-refractivity contribution in [3.05, 3.63) is 35.0 Å². The van der Waals surface area contributed by atoms with Crippen molar-refractivity contribution < 1.29 is 4.74 Å². The van der Waals surface area contributed by atoms with Crippen LogP contribution in [0.3, 0.4) is 0 Å². The highest BCUT2D eigenvalue weighted by Gasteiger charge is 2.13. The average molecular weight is 318 g/mol. The molecule has 3 rings (SSSR count). The van der Waals surface area contributed by atoms with Crippen LogP contribution >= 0.6 is 11.6 Å². The van der Waals surface area contributed by atoms with Crippen molar-refractivity contribution in [1.29, 1.82) is 0 Å². The second-order valence-electron chi connectivity index (χ2n) is 5.83. The summed E-state index contributed by atoms with van der Waals surface area (Å²) < 4.78 is 5.94. The Labute approximate surface area is 135 Å². The predicted octanol–water partition coefficient (Wildman–Crippen LogP) is 4.01. The highest BCUT2D eigenvalue weighted by molar-refractivity contribution is 6.38. The lowest BCUT2D eigenvalue weighted by molar-refractivity contribution is 0.284. The third-order valence-corrected chi connectivity index (χ3v) is 3.98. The van der Waals surface area contributed by atoms with E-state index in [9.17, 15) is 0 Å². The van der Waals surface area contributed by atoms with Gasteiger partial charge in [-0.25, -0.2) is 4.98 Å². The monoisotopic (exact) mass is 317 g/mol. The number of H-pyrrole nitrogens is 1. The van der Waals surface area contributed by atoms with Crippen LogP contribution in [0.5, 0.6) is 5.75 Å². The fraction of sp³-hybridized carbons (Fsp3) is 0.353. The summed E-state index contributed by atoms with van der Waals surface area (Å²) in [5.74, 6) is 0.828. The number of aromatic nitrogens is 2. The van der Waals surface area contributed by atoms with Crippen LogP contribution in [0.1, 0.15) is 12.0 Å². The summed E-state index contributed by atoms with van der Waals surface area (Å²) in [5, 5.41) is 2.74. The van der Waals surface area contributed by atoms with Crippen LogP contribution in [0.25, 0.3) is 21.9 Å². The molecule has 1 N–H and O–H groups in total. The zero-order valence-corrected chi connectivity index (χ0v) is 13.9. The van der Waals surface area contributed by atoms with Gasteiger partial charge < -0.3 is 14.6 Å². The predicted molar refractivity (Wildman–Crippen MR) is 92.0 cm³/mol. The molecule has 0 atom stereocenters. The van der Waals surface area contributed by atoms with Crippen molar-refractivity contribution in [2.75, 3.05) is 27.2 Å².